The monoisotopic (exact) mass is 299 g/mol. The van der Waals surface area contributed by atoms with Gasteiger partial charge in [0.05, 0.1) is 5.56 Å². The molecular formula is C11H14BrN3O2. The number of hydrogen-bond donors (Lipinski definition) is 3. The molecule has 1 atom stereocenters. The zero-order chi connectivity index (χ0) is 13.0. The van der Waals surface area contributed by atoms with Gasteiger partial charge in [-0.3, -0.25) is 9.59 Å². The Labute approximate surface area is 108 Å². The van der Waals surface area contributed by atoms with Crippen LogP contribution in [0, 0.1) is 0 Å². The van der Waals surface area contributed by atoms with Crippen LogP contribution in [0.1, 0.15) is 17.3 Å². The first kappa shape index (κ1) is 13.5. The third kappa shape index (κ3) is 3.45. The van der Waals surface area contributed by atoms with Crippen molar-refractivity contribution < 1.29 is 9.59 Å². The van der Waals surface area contributed by atoms with Crippen LogP contribution >= 0.6 is 15.9 Å². The summed E-state index contributed by atoms with van der Waals surface area (Å²) in [6, 6.07) is 4.33. The molecule has 1 aromatic rings. The fourth-order valence-electron chi connectivity index (χ4n) is 1.27. The van der Waals surface area contributed by atoms with E-state index in [1.165, 1.54) is 7.05 Å². The van der Waals surface area contributed by atoms with Gasteiger partial charge in [-0.05, 0) is 41.1 Å². The van der Waals surface area contributed by atoms with Gasteiger partial charge in [0.1, 0.15) is 6.04 Å². The first-order valence-electron chi connectivity index (χ1n) is 5.03. The number of nitrogen functional groups attached to an aromatic ring is 1. The molecule has 92 valence electrons. The third-order valence-electron chi connectivity index (χ3n) is 2.22. The Morgan fingerprint density at radius 3 is 2.65 bits per heavy atom. The van der Waals surface area contributed by atoms with Crippen molar-refractivity contribution in [3.63, 3.8) is 0 Å². The Morgan fingerprint density at radius 1 is 1.41 bits per heavy atom. The summed E-state index contributed by atoms with van der Waals surface area (Å²) in [5.74, 6) is -0.598. The van der Waals surface area contributed by atoms with Gasteiger partial charge in [-0.15, -0.1) is 0 Å². The van der Waals surface area contributed by atoms with Crippen LogP contribution < -0.4 is 16.4 Å². The maximum atomic E-state index is 11.9. The fraction of sp³-hybridized carbons (Fsp3) is 0.273. The van der Waals surface area contributed by atoms with Crippen LogP contribution in [0.25, 0.3) is 0 Å². The van der Waals surface area contributed by atoms with Crippen molar-refractivity contribution in [2.45, 2.75) is 13.0 Å². The number of carbonyl (C=O) groups is 2. The standard InChI is InChI=1S/C11H14BrN3O2/c1-6(10(16)14-2)15-11(17)8-5-7(13)3-4-9(8)12/h3-6H,13H2,1-2H3,(H,14,16)(H,15,17). The summed E-state index contributed by atoms with van der Waals surface area (Å²) in [4.78, 5) is 23.1. The summed E-state index contributed by atoms with van der Waals surface area (Å²) in [6.07, 6.45) is 0. The SMILES string of the molecule is CNC(=O)C(C)NC(=O)c1cc(N)ccc1Br. The molecule has 0 aliphatic carbocycles. The number of anilines is 1. The van der Waals surface area contributed by atoms with E-state index in [0.29, 0.717) is 15.7 Å². The number of amides is 2. The molecule has 0 saturated heterocycles. The molecular weight excluding hydrogens is 286 g/mol. The van der Waals surface area contributed by atoms with E-state index in [2.05, 4.69) is 26.6 Å². The first-order valence-corrected chi connectivity index (χ1v) is 5.82. The predicted molar refractivity (Wildman–Crippen MR) is 69.5 cm³/mol. The zero-order valence-corrected chi connectivity index (χ0v) is 11.2. The third-order valence-corrected chi connectivity index (χ3v) is 2.91. The summed E-state index contributed by atoms with van der Waals surface area (Å²) >= 11 is 3.26. The molecule has 5 nitrogen and oxygen atoms in total. The quantitative estimate of drug-likeness (QED) is 0.725. The van der Waals surface area contributed by atoms with Gasteiger partial charge in [0.25, 0.3) is 5.91 Å². The Balaban J connectivity index is 2.83. The largest absolute Gasteiger partial charge is 0.399 e. The molecule has 2 amide bonds. The molecule has 0 heterocycles. The lowest BCUT2D eigenvalue weighted by Gasteiger charge is -2.13. The van der Waals surface area contributed by atoms with Crippen LogP contribution in [0.15, 0.2) is 22.7 Å². The number of hydrogen-bond acceptors (Lipinski definition) is 3. The smallest absolute Gasteiger partial charge is 0.253 e. The van der Waals surface area contributed by atoms with Crippen LogP contribution in [-0.2, 0) is 4.79 Å². The maximum Gasteiger partial charge on any atom is 0.253 e. The Bertz CT molecular complexity index is 448. The Hall–Kier alpha value is -1.56. The minimum atomic E-state index is -0.596. The topological polar surface area (TPSA) is 84.2 Å². The molecule has 0 aromatic heterocycles. The van der Waals surface area contributed by atoms with E-state index >= 15 is 0 Å². The van der Waals surface area contributed by atoms with Crippen LogP contribution in [0.2, 0.25) is 0 Å². The molecule has 1 rings (SSSR count). The van der Waals surface area contributed by atoms with E-state index in [0.717, 1.165) is 0 Å². The van der Waals surface area contributed by atoms with E-state index < -0.39 is 6.04 Å². The van der Waals surface area contributed by atoms with Gasteiger partial charge in [0, 0.05) is 17.2 Å². The normalized spacial score (nSPS) is 11.7. The number of likely N-dealkylation sites (N-methyl/N-ethyl adjacent to an activating group) is 1. The average Bonchev–Trinajstić information content (AvgIpc) is 2.30. The molecule has 0 aliphatic heterocycles. The van der Waals surface area contributed by atoms with Crippen molar-refractivity contribution in [2.24, 2.45) is 0 Å². The fourth-order valence-corrected chi connectivity index (χ4v) is 1.70. The van der Waals surface area contributed by atoms with E-state index in [4.69, 9.17) is 5.73 Å². The van der Waals surface area contributed by atoms with Crippen molar-refractivity contribution in [1.29, 1.82) is 0 Å². The number of nitrogens with one attached hydrogen (secondary N) is 2. The highest BCUT2D eigenvalue weighted by molar-refractivity contribution is 9.10. The van der Waals surface area contributed by atoms with E-state index in [-0.39, 0.29) is 11.8 Å². The van der Waals surface area contributed by atoms with Gasteiger partial charge in [0.2, 0.25) is 5.91 Å². The molecule has 0 aliphatic rings. The summed E-state index contributed by atoms with van der Waals surface area (Å²) in [6.45, 7) is 1.61. The second-order valence-corrected chi connectivity index (χ2v) is 4.40. The van der Waals surface area contributed by atoms with E-state index in [1.54, 1.807) is 25.1 Å². The molecule has 0 bridgehead atoms. The highest BCUT2D eigenvalue weighted by atomic mass is 79.9. The van der Waals surface area contributed by atoms with Gasteiger partial charge < -0.3 is 16.4 Å². The Kier molecular flexibility index (Phi) is 4.51. The second kappa shape index (κ2) is 5.67. The van der Waals surface area contributed by atoms with Gasteiger partial charge in [-0.1, -0.05) is 0 Å². The summed E-state index contributed by atoms with van der Waals surface area (Å²) in [7, 11) is 1.52. The van der Waals surface area contributed by atoms with Crippen molar-refractivity contribution in [3.05, 3.63) is 28.2 Å². The summed E-state index contributed by atoms with van der Waals surface area (Å²) in [5, 5.41) is 5.04. The van der Waals surface area contributed by atoms with Crippen LogP contribution in [0.3, 0.4) is 0 Å². The maximum absolute atomic E-state index is 11.9. The van der Waals surface area contributed by atoms with Crippen molar-refractivity contribution >= 4 is 33.4 Å². The number of rotatable bonds is 3. The van der Waals surface area contributed by atoms with Gasteiger partial charge >= 0.3 is 0 Å². The van der Waals surface area contributed by atoms with Gasteiger partial charge in [0.15, 0.2) is 0 Å². The van der Waals surface area contributed by atoms with Crippen LogP contribution in [-0.4, -0.2) is 24.9 Å². The van der Waals surface area contributed by atoms with Gasteiger partial charge in [-0.2, -0.15) is 0 Å². The molecule has 4 N–H and O–H groups in total. The molecule has 0 saturated carbocycles. The summed E-state index contributed by atoms with van der Waals surface area (Å²) < 4.78 is 0.633. The van der Waals surface area contributed by atoms with Crippen LogP contribution in [0.4, 0.5) is 5.69 Å². The molecule has 1 unspecified atom stereocenters. The van der Waals surface area contributed by atoms with Crippen molar-refractivity contribution in [3.8, 4) is 0 Å². The number of halogens is 1. The highest BCUT2D eigenvalue weighted by Crippen LogP contribution is 2.19. The molecule has 0 fully saturated rings. The minimum Gasteiger partial charge on any atom is -0.399 e. The second-order valence-electron chi connectivity index (χ2n) is 3.55. The van der Waals surface area contributed by atoms with E-state index in [1.807, 2.05) is 0 Å². The lowest BCUT2D eigenvalue weighted by Crippen LogP contribution is -2.43. The van der Waals surface area contributed by atoms with Gasteiger partial charge in [-0.25, -0.2) is 0 Å². The van der Waals surface area contributed by atoms with Crippen molar-refractivity contribution in [2.75, 3.05) is 12.8 Å². The molecule has 6 heteroatoms. The molecule has 1 aromatic carbocycles. The lowest BCUT2D eigenvalue weighted by atomic mass is 10.1. The van der Waals surface area contributed by atoms with Crippen LogP contribution in [0.5, 0.6) is 0 Å². The highest BCUT2D eigenvalue weighted by Gasteiger charge is 2.17. The first-order chi connectivity index (χ1) is 7.95. The number of nitrogens with two attached hydrogens (primary N) is 1. The minimum absolute atomic E-state index is 0.252. The average molecular weight is 300 g/mol. The number of carbonyl (C=O) groups excluding carboxylic acids is 2. The number of benzene rings is 1. The van der Waals surface area contributed by atoms with E-state index in [9.17, 15) is 9.59 Å². The predicted octanol–water partition coefficient (Wildman–Crippen LogP) is 0.896. The zero-order valence-electron chi connectivity index (χ0n) is 9.58. The summed E-state index contributed by atoms with van der Waals surface area (Å²) in [5.41, 5.74) is 6.50. The molecule has 0 radical (unpaired) electrons. The molecule has 0 spiro atoms. The van der Waals surface area contributed by atoms with Crippen molar-refractivity contribution in [1.82, 2.24) is 10.6 Å². The Morgan fingerprint density at radius 2 is 2.06 bits per heavy atom. The molecule has 17 heavy (non-hydrogen) atoms. The lowest BCUT2D eigenvalue weighted by molar-refractivity contribution is -0.122.